The number of pyridine rings is 1. The molecule has 0 aliphatic carbocycles. The number of halogens is 2. The van der Waals surface area contributed by atoms with E-state index >= 15 is 0 Å². The molecule has 1 saturated heterocycles. The molecule has 1 aromatic carbocycles. The zero-order valence-corrected chi connectivity index (χ0v) is 12.1. The normalized spacial score (nSPS) is 16.2. The van der Waals surface area contributed by atoms with Crippen LogP contribution in [-0.4, -0.2) is 31.2 Å². The largest absolute Gasteiger partial charge is 0.367 e. The van der Waals surface area contributed by atoms with E-state index in [-0.39, 0.29) is 0 Å². The Morgan fingerprint density at radius 2 is 2.06 bits per heavy atom. The van der Waals surface area contributed by atoms with E-state index < -0.39 is 0 Å². The van der Waals surface area contributed by atoms with Crippen molar-refractivity contribution in [2.75, 3.05) is 31.1 Å². The number of rotatable bonds is 1. The van der Waals surface area contributed by atoms with Crippen LogP contribution in [0.4, 0.5) is 5.69 Å². The van der Waals surface area contributed by atoms with E-state index in [0.29, 0.717) is 0 Å². The average Bonchev–Trinajstić information content (AvgIpc) is 2.40. The number of hydrogen-bond acceptors (Lipinski definition) is 3. The van der Waals surface area contributed by atoms with Crippen LogP contribution in [0.5, 0.6) is 0 Å². The average molecular weight is 327 g/mol. The molecule has 18 heavy (non-hydrogen) atoms. The number of nitrogens with one attached hydrogen (secondary N) is 1. The summed E-state index contributed by atoms with van der Waals surface area (Å²) >= 11 is 9.81. The van der Waals surface area contributed by atoms with Gasteiger partial charge in [0.25, 0.3) is 0 Å². The Hall–Kier alpha value is -0.840. The van der Waals surface area contributed by atoms with Crippen LogP contribution in [0.25, 0.3) is 10.9 Å². The quantitative estimate of drug-likeness (QED) is 0.873. The molecule has 2 aromatic rings. The molecule has 0 radical (unpaired) electrons. The summed E-state index contributed by atoms with van der Waals surface area (Å²) in [6.07, 6.45) is 1.74. The number of fused-ring (bicyclic) bond motifs is 1. The molecule has 0 atom stereocenters. The van der Waals surface area contributed by atoms with Crippen LogP contribution in [0.15, 0.2) is 28.9 Å². The van der Waals surface area contributed by atoms with Gasteiger partial charge in [0.1, 0.15) is 0 Å². The summed E-state index contributed by atoms with van der Waals surface area (Å²) in [5.74, 6) is 0. The van der Waals surface area contributed by atoms with Crippen LogP contribution in [0.1, 0.15) is 0 Å². The van der Waals surface area contributed by atoms with Gasteiger partial charge in [0.05, 0.1) is 16.2 Å². The second-order valence-corrected chi connectivity index (χ2v) is 5.68. The van der Waals surface area contributed by atoms with Crippen molar-refractivity contribution in [3.63, 3.8) is 0 Å². The number of anilines is 1. The van der Waals surface area contributed by atoms with Gasteiger partial charge >= 0.3 is 0 Å². The summed E-state index contributed by atoms with van der Waals surface area (Å²) in [5, 5.41) is 5.20. The molecule has 0 saturated carbocycles. The van der Waals surface area contributed by atoms with Crippen molar-refractivity contribution in [2.24, 2.45) is 0 Å². The van der Waals surface area contributed by atoms with Gasteiger partial charge < -0.3 is 10.2 Å². The first kappa shape index (κ1) is 12.2. The van der Waals surface area contributed by atoms with Gasteiger partial charge in [-0.1, -0.05) is 27.5 Å². The minimum atomic E-state index is 0.728. The molecule has 0 amide bonds. The lowest BCUT2D eigenvalue weighted by molar-refractivity contribution is 0.590. The van der Waals surface area contributed by atoms with Gasteiger partial charge in [-0.3, -0.25) is 4.98 Å². The van der Waals surface area contributed by atoms with E-state index in [9.17, 15) is 0 Å². The summed E-state index contributed by atoms with van der Waals surface area (Å²) in [7, 11) is 0. The summed E-state index contributed by atoms with van der Waals surface area (Å²) in [4.78, 5) is 6.72. The Labute approximate surface area is 119 Å². The number of aromatic nitrogens is 1. The molecular formula is C13H13BrClN3. The number of piperazine rings is 1. The van der Waals surface area contributed by atoms with Gasteiger partial charge in [0, 0.05) is 42.2 Å². The lowest BCUT2D eigenvalue weighted by Gasteiger charge is -2.31. The monoisotopic (exact) mass is 325 g/mol. The predicted octanol–water partition coefficient (Wildman–Crippen LogP) is 3.06. The second kappa shape index (κ2) is 5.03. The van der Waals surface area contributed by atoms with Crippen molar-refractivity contribution < 1.29 is 0 Å². The van der Waals surface area contributed by atoms with Gasteiger partial charge in [0.2, 0.25) is 0 Å². The van der Waals surface area contributed by atoms with Crippen LogP contribution in [0, 0.1) is 0 Å². The summed E-state index contributed by atoms with van der Waals surface area (Å²) in [5.41, 5.74) is 2.08. The highest BCUT2D eigenvalue weighted by Gasteiger charge is 2.17. The van der Waals surface area contributed by atoms with Gasteiger partial charge in [-0.15, -0.1) is 0 Å². The minimum Gasteiger partial charge on any atom is -0.367 e. The third kappa shape index (κ3) is 2.20. The highest BCUT2D eigenvalue weighted by Crippen LogP contribution is 2.34. The molecule has 1 N–H and O–H groups in total. The summed E-state index contributed by atoms with van der Waals surface area (Å²) in [6, 6.07) is 6.14. The van der Waals surface area contributed by atoms with Crippen molar-refractivity contribution in [3.05, 3.63) is 33.9 Å². The van der Waals surface area contributed by atoms with Gasteiger partial charge in [-0.2, -0.15) is 0 Å². The molecule has 5 heteroatoms. The fraction of sp³-hybridized carbons (Fsp3) is 0.308. The maximum absolute atomic E-state index is 6.34. The predicted molar refractivity (Wildman–Crippen MR) is 79.5 cm³/mol. The lowest BCUT2D eigenvalue weighted by Crippen LogP contribution is -2.43. The van der Waals surface area contributed by atoms with E-state index in [2.05, 4.69) is 37.2 Å². The Bertz CT molecular complexity index is 582. The number of nitrogens with zero attached hydrogens (tertiary/aromatic N) is 2. The zero-order valence-electron chi connectivity index (χ0n) is 9.79. The van der Waals surface area contributed by atoms with Crippen LogP contribution >= 0.6 is 27.5 Å². The standard InChI is InChI=1S/C13H13BrClN3/c14-9-1-2-10-12(7-9)17-8-11(15)13(10)18-5-3-16-4-6-18/h1-2,7-8,16H,3-6H2. The topological polar surface area (TPSA) is 28.2 Å². The van der Waals surface area contributed by atoms with Gasteiger partial charge in [0.15, 0.2) is 0 Å². The minimum absolute atomic E-state index is 0.728. The molecule has 2 heterocycles. The van der Waals surface area contributed by atoms with Crippen molar-refractivity contribution in [1.82, 2.24) is 10.3 Å². The first-order chi connectivity index (χ1) is 8.75. The maximum atomic E-state index is 6.34. The third-order valence-corrected chi connectivity index (χ3v) is 3.96. The molecule has 3 nitrogen and oxygen atoms in total. The molecule has 1 aliphatic heterocycles. The Kier molecular flexibility index (Phi) is 3.41. The van der Waals surface area contributed by atoms with Crippen LogP contribution < -0.4 is 10.2 Å². The second-order valence-electron chi connectivity index (χ2n) is 4.35. The maximum Gasteiger partial charge on any atom is 0.0829 e. The van der Waals surface area contributed by atoms with Crippen molar-refractivity contribution >= 4 is 44.1 Å². The Morgan fingerprint density at radius 3 is 2.83 bits per heavy atom. The van der Waals surface area contributed by atoms with Crippen LogP contribution in [0.3, 0.4) is 0 Å². The highest BCUT2D eigenvalue weighted by molar-refractivity contribution is 9.10. The SMILES string of the molecule is Clc1cnc2cc(Br)ccc2c1N1CCNCC1. The van der Waals surface area contributed by atoms with E-state index in [1.165, 1.54) is 0 Å². The third-order valence-electron chi connectivity index (χ3n) is 3.19. The molecule has 94 valence electrons. The molecule has 1 aromatic heterocycles. The molecule has 1 fully saturated rings. The van der Waals surface area contributed by atoms with Crippen LogP contribution in [-0.2, 0) is 0 Å². The lowest BCUT2D eigenvalue weighted by atomic mass is 10.1. The van der Waals surface area contributed by atoms with E-state index in [1.54, 1.807) is 6.20 Å². The summed E-state index contributed by atoms with van der Waals surface area (Å²) < 4.78 is 1.04. The van der Waals surface area contributed by atoms with E-state index in [4.69, 9.17) is 11.6 Å². The Morgan fingerprint density at radius 1 is 1.28 bits per heavy atom. The fourth-order valence-electron chi connectivity index (χ4n) is 2.34. The molecule has 0 bridgehead atoms. The number of hydrogen-bond donors (Lipinski definition) is 1. The van der Waals surface area contributed by atoms with E-state index in [1.807, 2.05) is 12.1 Å². The first-order valence-corrected chi connectivity index (χ1v) is 7.12. The highest BCUT2D eigenvalue weighted by atomic mass is 79.9. The molecular weight excluding hydrogens is 314 g/mol. The van der Waals surface area contributed by atoms with Gasteiger partial charge in [-0.05, 0) is 18.2 Å². The molecule has 3 rings (SSSR count). The van der Waals surface area contributed by atoms with Crippen LogP contribution in [0.2, 0.25) is 5.02 Å². The molecule has 0 spiro atoms. The van der Waals surface area contributed by atoms with Gasteiger partial charge in [-0.25, -0.2) is 0 Å². The fourth-order valence-corrected chi connectivity index (χ4v) is 2.96. The first-order valence-electron chi connectivity index (χ1n) is 5.95. The van der Waals surface area contributed by atoms with E-state index in [0.717, 1.165) is 52.3 Å². The number of benzene rings is 1. The molecule has 1 aliphatic rings. The van der Waals surface area contributed by atoms with Crippen molar-refractivity contribution in [1.29, 1.82) is 0 Å². The van der Waals surface area contributed by atoms with Crippen molar-refractivity contribution in [3.8, 4) is 0 Å². The van der Waals surface area contributed by atoms with Crippen molar-refractivity contribution in [2.45, 2.75) is 0 Å². The Balaban J connectivity index is 2.16. The smallest absolute Gasteiger partial charge is 0.0829 e. The zero-order chi connectivity index (χ0) is 12.5. The molecule has 0 unspecified atom stereocenters. The summed E-state index contributed by atoms with van der Waals surface area (Å²) in [6.45, 7) is 3.96.